The molecule has 0 aromatic heterocycles. The van der Waals surface area contributed by atoms with Gasteiger partial charge in [0.25, 0.3) is 5.91 Å². The maximum atomic E-state index is 13.0. The highest BCUT2D eigenvalue weighted by Gasteiger charge is 2.29. The number of benzene rings is 2. The van der Waals surface area contributed by atoms with Gasteiger partial charge in [-0.3, -0.25) is 9.59 Å². The molecule has 0 radical (unpaired) electrons. The van der Waals surface area contributed by atoms with Crippen LogP contribution in [0.4, 0.5) is 5.69 Å². The summed E-state index contributed by atoms with van der Waals surface area (Å²) in [5.74, 6) is -1.26. The predicted molar refractivity (Wildman–Crippen MR) is 113 cm³/mol. The van der Waals surface area contributed by atoms with Crippen LogP contribution >= 0.6 is 0 Å². The average molecular weight is 429 g/mol. The lowest BCUT2D eigenvalue weighted by molar-refractivity contribution is -0.155. The van der Waals surface area contributed by atoms with Crippen LogP contribution in [0.5, 0.6) is 5.75 Å². The molecule has 0 aliphatic carbocycles. The summed E-state index contributed by atoms with van der Waals surface area (Å²) >= 11 is 0. The Morgan fingerprint density at radius 3 is 2.47 bits per heavy atom. The number of ether oxygens (including phenoxy) is 2. The molecule has 2 aromatic rings. The number of anilines is 1. The molecule has 0 spiro atoms. The molecular formula is C22H23NO6S. The second-order valence-electron chi connectivity index (χ2n) is 6.82. The first kappa shape index (κ1) is 21.6. The van der Waals surface area contributed by atoms with Crippen LogP contribution in [0.15, 0.2) is 66.1 Å². The number of para-hydroxylation sites is 2. The summed E-state index contributed by atoms with van der Waals surface area (Å²) in [5.41, 5.74) is 0.970. The van der Waals surface area contributed by atoms with Crippen LogP contribution in [0.3, 0.4) is 0 Å². The fraction of sp³-hybridized carbons (Fsp3) is 0.273. The van der Waals surface area contributed by atoms with Crippen LogP contribution in [0.2, 0.25) is 0 Å². The topological polar surface area (TPSA) is 98.8 Å². The van der Waals surface area contributed by atoms with Gasteiger partial charge in [0.15, 0.2) is 9.84 Å². The van der Waals surface area contributed by atoms with Crippen LogP contribution in [0.25, 0.3) is 0 Å². The molecule has 0 unspecified atom stereocenters. The van der Waals surface area contributed by atoms with Crippen molar-refractivity contribution >= 4 is 27.4 Å². The van der Waals surface area contributed by atoms with Crippen molar-refractivity contribution in [1.82, 2.24) is 0 Å². The zero-order chi connectivity index (χ0) is 21.6. The van der Waals surface area contributed by atoms with Crippen molar-refractivity contribution in [2.24, 2.45) is 5.92 Å². The van der Waals surface area contributed by atoms with Crippen molar-refractivity contribution in [2.45, 2.75) is 19.4 Å². The normalized spacial score (nSPS) is 17.8. The molecule has 1 amide bonds. The Bertz CT molecular complexity index is 1030. The van der Waals surface area contributed by atoms with E-state index >= 15 is 0 Å². The van der Waals surface area contributed by atoms with E-state index < -0.39 is 33.7 Å². The Balaban J connectivity index is 1.75. The molecule has 1 N–H and O–H groups in total. The van der Waals surface area contributed by atoms with Crippen molar-refractivity contribution in [2.75, 3.05) is 17.7 Å². The number of amides is 1. The van der Waals surface area contributed by atoms with Crippen molar-refractivity contribution in [1.29, 1.82) is 0 Å². The third-order valence-corrected chi connectivity index (χ3v) is 5.93. The maximum Gasteiger partial charge on any atom is 0.307 e. The number of sulfone groups is 1. The van der Waals surface area contributed by atoms with Gasteiger partial charge in [0, 0.05) is 16.9 Å². The van der Waals surface area contributed by atoms with E-state index in [-0.39, 0.29) is 12.2 Å². The third kappa shape index (κ3) is 5.70. The van der Waals surface area contributed by atoms with Crippen molar-refractivity contribution < 1.29 is 27.5 Å². The van der Waals surface area contributed by atoms with E-state index in [2.05, 4.69) is 5.32 Å². The molecular weight excluding hydrogens is 406 g/mol. The standard InChI is InChI=1S/C22H23NO6S/c1-2-28-19-11-7-6-10-18(19)23-22(25)21(17-8-4-3-5-9-17)29-20(24)14-16-12-13-30(26,27)15-16/h3-13,16,21H,2,14-15H2,1H3,(H,23,25)/t16-,21-/m1/s1. The molecule has 0 fully saturated rings. The van der Waals surface area contributed by atoms with Gasteiger partial charge >= 0.3 is 5.97 Å². The summed E-state index contributed by atoms with van der Waals surface area (Å²) in [7, 11) is -3.27. The van der Waals surface area contributed by atoms with Crippen LogP contribution in [0.1, 0.15) is 25.0 Å². The fourth-order valence-electron chi connectivity index (χ4n) is 3.11. The van der Waals surface area contributed by atoms with Crippen molar-refractivity contribution in [3.63, 3.8) is 0 Å². The lowest BCUT2D eigenvalue weighted by Gasteiger charge is -2.20. The number of carbonyl (C=O) groups excluding carboxylic acids is 2. The van der Waals surface area contributed by atoms with Crippen molar-refractivity contribution in [3.05, 3.63) is 71.6 Å². The highest BCUT2D eigenvalue weighted by atomic mass is 32.2. The number of esters is 1. The van der Waals surface area contributed by atoms with Gasteiger partial charge < -0.3 is 14.8 Å². The summed E-state index contributed by atoms with van der Waals surface area (Å²) < 4.78 is 34.1. The molecule has 1 aliphatic rings. The minimum absolute atomic E-state index is 0.123. The zero-order valence-corrected chi connectivity index (χ0v) is 17.3. The highest BCUT2D eigenvalue weighted by Crippen LogP contribution is 2.27. The number of carbonyl (C=O) groups is 2. The maximum absolute atomic E-state index is 13.0. The van der Waals surface area contributed by atoms with Gasteiger partial charge in [-0.2, -0.15) is 0 Å². The van der Waals surface area contributed by atoms with Crippen LogP contribution in [-0.2, 0) is 24.2 Å². The van der Waals surface area contributed by atoms with Gasteiger partial charge in [-0.05, 0) is 19.1 Å². The van der Waals surface area contributed by atoms with Gasteiger partial charge in [0.05, 0.1) is 24.5 Å². The number of hydrogen-bond acceptors (Lipinski definition) is 6. The van der Waals surface area contributed by atoms with E-state index in [0.717, 1.165) is 5.41 Å². The van der Waals surface area contributed by atoms with Gasteiger partial charge in [-0.25, -0.2) is 8.42 Å². The number of nitrogens with one attached hydrogen (secondary N) is 1. The van der Waals surface area contributed by atoms with Crippen LogP contribution in [0, 0.1) is 5.92 Å². The second kappa shape index (κ2) is 9.58. The first-order valence-electron chi connectivity index (χ1n) is 9.56. The Hall–Kier alpha value is -3.13. The van der Waals surface area contributed by atoms with Crippen LogP contribution < -0.4 is 10.1 Å². The molecule has 158 valence electrons. The van der Waals surface area contributed by atoms with E-state index in [1.807, 2.05) is 6.92 Å². The molecule has 0 bridgehead atoms. The second-order valence-corrected chi connectivity index (χ2v) is 8.75. The summed E-state index contributed by atoms with van der Waals surface area (Å²) in [6.45, 7) is 2.27. The molecule has 3 rings (SSSR count). The number of allylic oxidation sites excluding steroid dienone is 1. The Labute approximate surface area is 175 Å². The quantitative estimate of drug-likeness (QED) is 0.647. The lowest BCUT2D eigenvalue weighted by Crippen LogP contribution is -2.27. The molecule has 1 aliphatic heterocycles. The minimum Gasteiger partial charge on any atom is -0.492 e. The molecule has 0 saturated carbocycles. The van der Waals surface area contributed by atoms with E-state index in [1.54, 1.807) is 54.6 Å². The van der Waals surface area contributed by atoms with Gasteiger partial charge in [-0.15, -0.1) is 0 Å². The van der Waals surface area contributed by atoms with Gasteiger partial charge in [0.1, 0.15) is 5.75 Å². The van der Waals surface area contributed by atoms with Crippen LogP contribution in [-0.4, -0.2) is 32.7 Å². The van der Waals surface area contributed by atoms with E-state index in [1.165, 1.54) is 6.08 Å². The first-order valence-corrected chi connectivity index (χ1v) is 11.3. The minimum atomic E-state index is -3.27. The van der Waals surface area contributed by atoms with E-state index in [4.69, 9.17) is 9.47 Å². The summed E-state index contributed by atoms with van der Waals surface area (Å²) in [4.78, 5) is 25.5. The summed E-state index contributed by atoms with van der Waals surface area (Å²) in [6, 6.07) is 15.6. The molecule has 7 nitrogen and oxygen atoms in total. The number of hydrogen-bond donors (Lipinski definition) is 1. The largest absolute Gasteiger partial charge is 0.492 e. The Morgan fingerprint density at radius 1 is 1.10 bits per heavy atom. The monoisotopic (exact) mass is 429 g/mol. The average Bonchev–Trinajstić information content (AvgIpc) is 3.06. The Kier molecular flexibility index (Phi) is 6.89. The molecule has 2 aromatic carbocycles. The van der Waals surface area contributed by atoms with Gasteiger partial charge in [-0.1, -0.05) is 48.5 Å². The highest BCUT2D eigenvalue weighted by molar-refractivity contribution is 7.94. The third-order valence-electron chi connectivity index (χ3n) is 4.47. The SMILES string of the molecule is CCOc1ccccc1NC(=O)[C@H](OC(=O)C[C@H]1C=CS(=O)(=O)C1)c1ccccc1. The van der Waals surface area contributed by atoms with Crippen molar-refractivity contribution in [3.8, 4) is 5.75 Å². The number of rotatable bonds is 8. The lowest BCUT2D eigenvalue weighted by atomic mass is 10.1. The van der Waals surface area contributed by atoms with E-state index in [9.17, 15) is 18.0 Å². The molecule has 2 atom stereocenters. The predicted octanol–water partition coefficient (Wildman–Crippen LogP) is 3.26. The molecule has 1 heterocycles. The zero-order valence-electron chi connectivity index (χ0n) is 16.5. The fourth-order valence-corrected chi connectivity index (χ4v) is 4.51. The van der Waals surface area contributed by atoms with Gasteiger partial charge in [0.2, 0.25) is 6.10 Å². The first-order chi connectivity index (χ1) is 14.4. The molecule has 8 heteroatoms. The summed E-state index contributed by atoms with van der Waals surface area (Å²) in [5, 5.41) is 3.86. The molecule has 30 heavy (non-hydrogen) atoms. The smallest absolute Gasteiger partial charge is 0.307 e. The Morgan fingerprint density at radius 2 is 1.80 bits per heavy atom. The summed E-state index contributed by atoms with van der Waals surface area (Å²) in [6.07, 6.45) is 0.171. The molecule has 0 saturated heterocycles. The van der Waals surface area contributed by atoms with E-state index in [0.29, 0.717) is 23.6 Å².